The zero-order valence-electron chi connectivity index (χ0n) is 14.0. The van der Waals surface area contributed by atoms with Gasteiger partial charge in [0.15, 0.2) is 6.61 Å². The molecule has 120 valence electrons. The van der Waals surface area contributed by atoms with Gasteiger partial charge in [0.05, 0.1) is 5.71 Å². The molecule has 0 saturated carbocycles. The molecule has 4 heteroatoms. The fraction of sp³-hybridized carbons (Fsp3) is 0.263. The van der Waals surface area contributed by atoms with Crippen molar-refractivity contribution in [3.63, 3.8) is 0 Å². The van der Waals surface area contributed by atoms with E-state index in [1.54, 1.807) is 0 Å². The first-order chi connectivity index (χ1) is 11.0. The Morgan fingerprint density at radius 2 is 1.70 bits per heavy atom. The number of carbonyl (C=O) groups is 1. The maximum atomic E-state index is 11.9. The second-order valence-electron chi connectivity index (χ2n) is 5.66. The molecule has 0 bridgehead atoms. The Balaban J connectivity index is 1.90. The number of benzene rings is 2. The molecular weight excluding hydrogens is 288 g/mol. The zero-order valence-corrected chi connectivity index (χ0v) is 14.0. The first-order valence-electron chi connectivity index (χ1n) is 7.56. The Morgan fingerprint density at radius 1 is 1.04 bits per heavy atom. The van der Waals surface area contributed by atoms with Gasteiger partial charge in [-0.05, 0) is 50.5 Å². The minimum atomic E-state index is -0.280. The Bertz CT molecular complexity index is 719. The van der Waals surface area contributed by atoms with Crippen LogP contribution in [0.25, 0.3) is 0 Å². The molecule has 0 unspecified atom stereocenters. The van der Waals surface area contributed by atoms with Crippen LogP contribution in [-0.2, 0) is 4.79 Å². The molecule has 0 spiro atoms. The predicted octanol–water partition coefficient (Wildman–Crippen LogP) is 3.53. The third kappa shape index (κ3) is 4.95. The van der Waals surface area contributed by atoms with Gasteiger partial charge in [-0.15, -0.1) is 0 Å². The van der Waals surface area contributed by atoms with E-state index in [0.29, 0.717) is 0 Å². The van der Waals surface area contributed by atoms with E-state index in [1.807, 2.05) is 70.2 Å². The van der Waals surface area contributed by atoms with E-state index in [9.17, 15) is 4.79 Å². The lowest BCUT2D eigenvalue weighted by Crippen LogP contribution is -2.25. The van der Waals surface area contributed by atoms with E-state index in [1.165, 1.54) is 5.56 Å². The maximum absolute atomic E-state index is 11.9. The summed E-state index contributed by atoms with van der Waals surface area (Å²) in [4.78, 5) is 11.9. The maximum Gasteiger partial charge on any atom is 0.277 e. The average Bonchev–Trinajstić information content (AvgIpc) is 2.54. The molecule has 2 aromatic carbocycles. The van der Waals surface area contributed by atoms with Crippen LogP contribution in [-0.4, -0.2) is 18.2 Å². The highest BCUT2D eigenvalue weighted by Crippen LogP contribution is 2.18. The summed E-state index contributed by atoms with van der Waals surface area (Å²) < 4.78 is 5.55. The fourth-order valence-corrected chi connectivity index (χ4v) is 2.04. The topological polar surface area (TPSA) is 50.7 Å². The first kappa shape index (κ1) is 16.7. The molecule has 0 aromatic heterocycles. The number of rotatable bonds is 5. The Morgan fingerprint density at radius 3 is 2.39 bits per heavy atom. The standard InChI is InChI=1S/C19H22N2O2/c1-13-6-9-17(10-7-13)16(4)20-21-19(22)12-23-18-11-14(2)5-8-15(18)3/h5-11H,12H2,1-4H3,(H,21,22). The number of nitrogens with zero attached hydrogens (tertiary/aromatic N) is 1. The number of carbonyl (C=O) groups excluding carboxylic acids is 1. The number of amides is 1. The summed E-state index contributed by atoms with van der Waals surface area (Å²) >= 11 is 0. The molecule has 4 nitrogen and oxygen atoms in total. The highest BCUT2D eigenvalue weighted by atomic mass is 16.5. The lowest BCUT2D eigenvalue weighted by Gasteiger charge is -2.09. The fourth-order valence-electron chi connectivity index (χ4n) is 2.04. The van der Waals surface area contributed by atoms with Gasteiger partial charge in [-0.1, -0.05) is 42.0 Å². The molecule has 0 heterocycles. The van der Waals surface area contributed by atoms with E-state index in [2.05, 4.69) is 10.5 Å². The molecule has 23 heavy (non-hydrogen) atoms. The summed E-state index contributed by atoms with van der Waals surface area (Å²) in [6.45, 7) is 7.77. The van der Waals surface area contributed by atoms with Gasteiger partial charge in [0.25, 0.3) is 5.91 Å². The van der Waals surface area contributed by atoms with Crippen molar-refractivity contribution >= 4 is 11.6 Å². The van der Waals surface area contributed by atoms with Crippen LogP contribution < -0.4 is 10.2 Å². The number of hydrazone groups is 1. The molecule has 0 aliphatic rings. The quantitative estimate of drug-likeness (QED) is 0.678. The zero-order chi connectivity index (χ0) is 16.8. The van der Waals surface area contributed by atoms with Crippen molar-refractivity contribution in [2.24, 2.45) is 5.10 Å². The number of hydrogen-bond donors (Lipinski definition) is 1. The number of nitrogens with one attached hydrogen (secondary N) is 1. The van der Waals surface area contributed by atoms with Crippen molar-refractivity contribution in [3.8, 4) is 5.75 Å². The predicted molar refractivity (Wildman–Crippen MR) is 92.9 cm³/mol. The second-order valence-corrected chi connectivity index (χ2v) is 5.66. The molecule has 1 amide bonds. The molecule has 0 saturated heterocycles. The summed E-state index contributed by atoms with van der Waals surface area (Å²) in [5.41, 5.74) is 7.54. The largest absolute Gasteiger partial charge is 0.483 e. The lowest BCUT2D eigenvalue weighted by molar-refractivity contribution is -0.123. The van der Waals surface area contributed by atoms with E-state index < -0.39 is 0 Å². The van der Waals surface area contributed by atoms with Crippen molar-refractivity contribution in [1.82, 2.24) is 5.43 Å². The van der Waals surface area contributed by atoms with Crippen LogP contribution in [0.3, 0.4) is 0 Å². The van der Waals surface area contributed by atoms with Crippen LogP contribution in [0.2, 0.25) is 0 Å². The van der Waals surface area contributed by atoms with Crippen molar-refractivity contribution in [3.05, 3.63) is 64.7 Å². The van der Waals surface area contributed by atoms with Gasteiger partial charge < -0.3 is 4.74 Å². The van der Waals surface area contributed by atoms with Crippen LogP contribution >= 0.6 is 0 Å². The number of aryl methyl sites for hydroxylation is 3. The average molecular weight is 310 g/mol. The molecule has 0 atom stereocenters. The SMILES string of the molecule is CC(=NNC(=O)COc1cc(C)ccc1C)c1ccc(C)cc1. The molecular formula is C19H22N2O2. The van der Waals surface area contributed by atoms with Gasteiger partial charge in [0.2, 0.25) is 0 Å². The van der Waals surface area contributed by atoms with Gasteiger partial charge in [-0.3, -0.25) is 4.79 Å². The van der Waals surface area contributed by atoms with Crippen LogP contribution in [0.4, 0.5) is 0 Å². The lowest BCUT2D eigenvalue weighted by atomic mass is 10.1. The highest BCUT2D eigenvalue weighted by Gasteiger charge is 2.05. The monoisotopic (exact) mass is 310 g/mol. The van der Waals surface area contributed by atoms with Gasteiger partial charge in [-0.2, -0.15) is 5.10 Å². The van der Waals surface area contributed by atoms with Crippen molar-refractivity contribution in [2.45, 2.75) is 27.7 Å². The van der Waals surface area contributed by atoms with Crippen molar-refractivity contribution < 1.29 is 9.53 Å². The van der Waals surface area contributed by atoms with E-state index in [-0.39, 0.29) is 12.5 Å². The minimum Gasteiger partial charge on any atom is -0.483 e. The Hall–Kier alpha value is -2.62. The highest BCUT2D eigenvalue weighted by molar-refractivity contribution is 5.99. The molecule has 0 aliphatic carbocycles. The first-order valence-corrected chi connectivity index (χ1v) is 7.56. The van der Waals surface area contributed by atoms with E-state index in [4.69, 9.17) is 4.74 Å². The van der Waals surface area contributed by atoms with E-state index >= 15 is 0 Å². The third-order valence-corrected chi connectivity index (χ3v) is 3.52. The van der Waals surface area contributed by atoms with Crippen molar-refractivity contribution in [1.29, 1.82) is 0 Å². The summed E-state index contributed by atoms with van der Waals surface area (Å²) in [7, 11) is 0. The van der Waals surface area contributed by atoms with Crippen LogP contribution in [0, 0.1) is 20.8 Å². The number of ether oxygens (including phenoxy) is 1. The number of hydrogen-bond acceptors (Lipinski definition) is 3. The molecule has 2 aromatic rings. The molecule has 0 radical (unpaired) electrons. The van der Waals surface area contributed by atoms with Gasteiger partial charge >= 0.3 is 0 Å². The van der Waals surface area contributed by atoms with Crippen LogP contribution in [0.1, 0.15) is 29.2 Å². The Labute approximate surface area is 137 Å². The second kappa shape index (κ2) is 7.58. The smallest absolute Gasteiger partial charge is 0.277 e. The molecule has 0 aliphatic heterocycles. The van der Waals surface area contributed by atoms with Crippen LogP contribution in [0.15, 0.2) is 47.6 Å². The summed E-state index contributed by atoms with van der Waals surface area (Å²) in [5.74, 6) is 0.441. The van der Waals surface area contributed by atoms with E-state index in [0.717, 1.165) is 28.2 Å². The third-order valence-electron chi connectivity index (χ3n) is 3.52. The minimum absolute atomic E-state index is 0.0605. The Kier molecular flexibility index (Phi) is 5.52. The van der Waals surface area contributed by atoms with Crippen molar-refractivity contribution in [2.75, 3.05) is 6.61 Å². The summed E-state index contributed by atoms with van der Waals surface area (Å²) in [5, 5.41) is 4.11. The summed E-state index contributed by atoms with van der Waals surface area (Å²) in [6.07, 6.45) is 0. The molecule has 1 N–H and O–H groups in total. The normalized spacial score (nSPS) is 11.2. The van der Waals surface area contributed by atoms with Gasteiger partial charge in [-0.25, -0.2) is 5.43 Å². The molecule has 0 fully saturated rings. The van der Waals surface area contributed by atoms with Crippen LogP contribution in [0.5, 0.6) is 5.75 Å². The molecule has 2 rings (SSSR count). The van der Waals surface area contributed by atoms with Gasteiger partial charge in [0, 0.05) is 0 Å². The summed E-state index contributed by atoms with van der Waals surface area (Å²) in [6, 6.07) is 13.9. The van der Waals surface area contributed by atoms with Gasteiger partial charge in [0.1, 0.15) is 5.75 Å².